The van der Waals surface area contributed by atoms with Crippen LogP contribution in [0.2, 0.25) is 0 Å². The van der Waals surface area contributed by atoms with E-state index in [4.69, 9.17) is 19.1 Å². The van der Waals surface area contributed by atoms with Crippen LogP contribution in [0.15, 0.2) is 74.5 Å². The molecule has 0 radical (unpaired) electrons. The molecule has 350 valence electrons. The quantitative estimate of drug-likeness (QED) is 0.0845. The second-order valence-electron chi connectivity index (χ2n) is 18.3. The summed E-state index contributed by atoms with van der Waals surface area (Å²) in [6, 6.07) is 19.3. The summed E-state index contributed by atoms with van der Waals surface area (Å²) in [5.41, 5.74) is 8.63. The zero-order valence-corrected chi connectivity index (χ0v) is 41.5. The standard InChI is InChI=1S/C50H64BrN10O4P/c1-6-33-29-42(56-49-53-32-39(51)48(57-49)55-41-17-16-40-38(47(41)66(4,5)63)15-14-35(7-2)54-40)45(64-8-3)30-44(33)60-23-19-36(20-24-60)59-27-25-58(26-28-59)22-18-34-11-9-13-43-46(34)65-50(62)61(43)37-12-10-21-52-31-37/h9,11,13-17,29-30,32,36-37,52H,6-8,10,12,18-28,31H2,1-5H3,(H2,53,55,56,57). The topological polar surface area (TPSA) is 146 Å². The highest BCUT2D eigenvalue weighted by Crippen LogP contribution is 2.42. The van der Waals surface area contributed by atoms with Crippen LogP contribution in [-0.4, -0.2) is 114 Å². The number of para-hydroxylation sites is 1. The van der Waals surface area contributed by atoms with E-state index in [9.17, 15) is 9.36 Å². The van der Waals surface area contributed by atoms with Gasteiger partial charge in [-0.15, -0.1) is 0 Å². The third-order valence-electron chi connectivity index (χ3n) is 13.7. The van der Waals surface area contributed by atoms with Crippen molar-refractivity contribution in [1.29, 1.82) is 0 Å². The molecule has 1 unspecified atom stereocenters. The fourth-order valence-corrected chi connectivity index (χ4v) is 12.0. The van der Waals surface area contributed by atoms with E-state index >= 15 is 0 Å². The lowest BCUT2D eigenvalue weighted by Gasteiger charge is -2.43. The van der Waals surface area contributed by atoms with Crippen LogP contribution >= 0.6 is 23.1 Å². The number of hydrogen-bond donors (Lipinski definition) is 3. The van der Waals surface area contributed by atoms with Crippen molar-refractivity contribution in [3.05, 3.63) is 92.6 Å². The van der Waals surface area contributed by atoms with Gasteiger partial charge in [0.1, 0.15) is 18.7 Å². The number of aryl methyl sites for hydroxylation is 2. The third kappa shape index (κ3) is 9.92. The first-order valence-corrected chi connectivity index (χ1v) is 27.3. The van der Waals surface area contributed by atoms with Crippen molar-refractivity contribution in [3.8, 4) is 5.75 Å². The lowest BCUT2D eigenvalue weighted by Crippen LogP contribution is -2.53. The summed E-state index contributed by atoms with van der Waals surface area (Å²) in [5, 5.41) is 12.0. The van der Waals surface area contributed by atoms with Crippen LogP contribution in [0.5, 0.6) is 5.75 Å². The van der Waals surface area contributed by atoms with E-state index < -0.39 is 7.14 Å². The van der Waals surface area contributed by atoms with Gasteiger partial charge < -0.3 is 39.5 Å². The molecule has 0 aliphatic carbocycles. The van der Waals surface area contributed by atoms with Gasteiger partial charge in [-0.2, -0.15) is 4.98 Å². The average molecular weight is 980 g/mol. The SMILES string of the molecule is CCOc1cc(N2CCC(N3CCN(CCc4cccc5c4oc(=O)n5C4CCCNC4)CC3)CC2)c(CC)cc1Nc1ncc(Br)c(Nc2ccc3nc(CC)ccc3c2P(C)(C)=O)n1. The maximum atomic E-state index is 13.8. The molecule has 0 amide bonds. The molecule has 0 spiro atoms. The maximum absolute atomic E-state index is 13.8. The Morgan fingerprint density at radius 1 is 0.894 bits per heavy atom. The normalized spacial score (nSPS) is 18.0. The summed E-state index contributed by atoms with van der Waals surface area (Å²) in [5.74, 6) is 1.49. The highest BCUT2D eigenvalue weighted by molar-refractivity contribution is 9.10. The number of aromatic nitrogens is 4. The molecule has 0 saturated carbocycles. The molecule has 9 rings (SSSR count). The summed E-state index contributed by atoms with van der Waals surface area (Å²) in [4.78, 5) is 35.1. The molecule has 6 aromatic rings. The zero-order chi connectivity index (χ0) is 46.0. The molecule has 3 fully saturated rings. The van der Waals surface area contributed by atoms with Gasteiger partial charge in [-0.05, 0) is 129 Å². The van der Waals surface area contributed by atoms with Gasteiger partial charge in [-0.3, -0.25) is 14.5 Å². The molecule has 3 aliphatic rings. The lowest BCUT2D eigenvalue weighted by atomic mass is 9.99. The van der Waals surface area contributed by atoms with Crippen LogP contribution < -0.4 is 36.6 Å². The fraction of sp³-hybridized carbons (Fsp3) is 0.480. The van der Waals surface area contributed by atoms with Crippen molar-refractivity contribution < 1.29 is 13.7 Å². The molecular formula is C50H64BrN10O4P. The minimum absolute atomic E-state index is 0.149. The number of nitrogens with zero attached hydrogens (tertiary/aromatic N) is 7. The summed E-state index contributed by atoms with van der Waals surface area (Å²) in [7, 11) is -2.73. The number of hydrogen-bond acceptors (Lipinski definition) is 13. The molecule has 1 atom stereocenters. The number of piperidine rings is 2. The molecule has 66 heavy (non-hydrogen) atoms. The van der Waals surface area contributed by atoms with Crippen molar-refractivity contribution in [2.75, 3.05) is 94.4 Å². The van der Waals surface area contributed by atoms with Gasteiger partial charge >= 0.3 is 5.76 Å². The second-order valence-corrected chi connectivity index (χ2v) is 22.3. The third-order valence-corrected chi connectivity index (χ3v) is 15.8. The van der Waals surface area contributed by atoms with Gasteiger partial charge in [0.15, 0.2) is 5.58 Å². The highest BCUT2D eigenvalue weighted by Gasteiger charge is 2.30. The van der Waals surface area contributed by atoms with Crippen LogP contribution in [0.3, 0.4) is 0 Å². The van der Waals surface area contributed by atoms with Gasteiger partial charge in [0.25, 0.3) is 0 Å². The smallest absolute Gasteiger partial charge is 0.420 e. The Hall–Kier alpha value is -4.79. The average Bonchev–Trinajstić information content (AvgIpc) is 3.68. The van der Waals surface area contributed by atoms with Gasteiger partial charge in [-0.1, -0.05) is 32.0 Å². The highest BCUT2D eigenvalue weighted by atomic mass is 79.9. The van der Waals surface area contributed by atoms with Crippen molar-refractivity contribution in [3.63, 3.8) is 0 Å². The maximum Gasteiger partial charge on any atom is 0.420 e. The number of nitrogens with one attached hydrogen (secondary N) is 3. The van der Waals surface area contributed by atoms with E-state index in [1.165, 1.54) is 11.3 Å². The van der Waals surface area contributed by atoms with Crippen LogP contribution in [0, 0.1) is 0 Å². The number of pyridine rings is 1. The van der Waals surface area contributed by atoms with Gasteiger partial charge in [0.05, 0.1) is 39.5 Å². The summed E-state index contributed by atoms with van der Waals surface area (Å²) >= 11 is 3.65. The molecule has 3 N–H and O–H groups in total. The van der Waals surface area contributed by atoms with Crippen molar-refractivity contribution in [2.45, 2.75) is 77.8 Å². The molecule has 3 saturated heterocycles. The van der Waals surface area contributed by atoms with Crippen LogP contribution in [0.25, 0.3) is 22.0 Å². The number of piperazine rings is 1. The van der Waals surface area contributed by atoms with Gasteiger partial charge in [-0.25, -0.2) is 9.78 Å². The molecule has 3 aromatic carbocycles. The zero-order valence-electron chi connectivity index (χ0n) is 39.0. The van der Waals surface area contributed by atoms with Crippen LogP contribution in [0.4, 0.5) is 28.8 Å². The van der Waals surface area contributed by atoms with E-state index in [2.05, 4.69) is 89.7 Å². The Labute approximate surface area is 396 Å². The van der Waals surface area contributed by atoms with Crippen LogP contribution in [0.1, 0.15) is 69.3 Å². The minimum atomic E-state index is -2.73. The Balaban J connectivity index is 0.829. The number of rotatable bonds is 15. The van der Waals surface area contributed by atoms with Gasteiger partial charge in [0, 0.05) is 92.7 Å². The van der Waals surface area contributed by atoms with E-state index in [0.29, 0.717) is 28.9 Å². The summed E-state index contributed by atoms with van der Waals surface area (Å²) in [6.45, 7) is 19.4. The Morgan fingerprint density at radius 2 is 1.71 bits per heavy atom. The van der Waals surface area contributed by atoms with E-state index in [1.54, 1.807) is 19.5 Å². The largest absolute Gasteiger partial charge is 0.492 e. The molecule has 16 heteroatoms. The van der Waals surface area contributed by atoms with E-state index in [1.807, 2.05) is 41.8 Å². The number of anilines is 5. The fourth-order valence-electron chi connectivity index (χ4n) is 10.2. The van der Waals surface area contributed by atoms with Crippen molar-refractivity contribution in [1.82, 2.24) is 34.6 Å². The van der Waals surface area contributed by atoms with Crippen molar-refractivity contribution in [2.24, 2.45) is 0 Å². The molecule has 0 bridgehead atoms. The second kappa shape index (κ2) is 20.2. The molecule has 6 heterocycles. The lowest BCUT2D eigenvalue weighted by molar-refractivity contribution is 0.0855. The molecule has 3 aliphatic heterocycles. The van der Waals surface area contributed by atoms with Crippen LogP contribution in [-0.2, 0) is 23.8 Å². The first-order valence-electron chi connectivity index (χ1n) is 23.9. The number of benzene rings is 3. The number of halogens is 1. The minimum Gasteiger partial charge on any atom is -0.492 e. The van der Waals surface area contributed by atoms with E-state index in [0.717, 1.165) is 160 Å². The predicted molar refractivity (Wildman–Crippen MR) is 272 cm³/mol. The molecule has 14 nitrogen and oxygen atoms in total. The van der Waals surface area contributed by atoms with Gasteiger partial charge in [0.2, 0.25) is 5.95 Å². The Morgan fingerprint density at radius 3 is 2.44 bits per heavy atom. The Kier molecular flexibility index (Phi) is 14.2. The molecule has 3 aromatic heterocycles. The summed E-state index contributed by atoms with van der Waals surface area (Å²) in [6.07, 6.45) is 8.59. The van der Waals surface area contributed by atoms with E-state index in [-0.39, 0.29) is 11.8 Å². The number of fused-ring (bicyclic) bond motifs is 2. The molecular weight excluding hydrogens is 915 g/mol. The monoisotopic (exact) mass is 978 g/mol. The number of oxazole rings is 1. The Bertz CT molecular complexity index is 2790. The predicted octanol–water partition coefficient (Wildman–Crippen LogP) is 8.71. The van der Waals surface area contributed by atoms with Crippen molar-refractivity contribution >= 4 is 79.2 Å². The first kappa shape index (κ1) is 46.3. The summed E-state index contributed by atoms with van der Waals surface area (Å²) < 4.78 is 28.5. The number of ether oxygens (including phenoxy) is 1. The first-order chi connectivity index (χ1) is 32.0.